The topological polar surface area (TPSA) is 104 Å². The van der Waals surface area contributed by atoms with Crippen LogP contribution in [-0.4, -0.2) is 39.5 Å². The first kappa shape index (κ1) is 28.6. The van der Waals surface area contributed by atoms with Crippen LogP contribution in [0.2, 0.25) is 0 Å². The Hall–Kier alpha value is -3.48. The van der Waals surface area contributed by atoms with Crippen LogP contribution in [0.3, 0.4) is 0 Å². The summed E-state index contributed by atoms with van der Waals surface area (Å²) in [6.45, 7) is 4.14. The van der Waals surface area contributed by atoms with Crippen molar-refractivity contribution < 1.29 is 29.6 Å². The van der Waals surface area contributed by atoms with E-state index in [4.69, 9.17) is 14.9 Å². The molecule has 0 fully saturated rings. The van der Waals surface area contributed by atoms with Gasteiger partial charge < -0.3 is 20.1 Å². The van der Waals surface area contributed by atoms with E-state index in [9.17, 15) is 14.7 Å². The van der Waals surface area contributed by atoms with E-state index in [-0.39, 0.29) is 26.9 Å². The van der Waals surface area contributed by atoms with Crippen LogP contribution >= 0.6 is 0 Å². The molecule has 0 saturated carbocycles. The number of aryl methyl sites for hydroxylation is 2. The average Bonchev–Trinajstić information content (AvgIpc) is 2.81. The second-order valence-corrected chi connectivity index (χ2v) is 7.84. The Morgan fingerprint density at radius 1 is 0.706 bits per heavy atom. The lowest BCUT2D eigenvalue weighted by Crippen LogP contribution is -2.25. The summed E-state index contributed by atoms with van der Waals surface area (Å²) in [7, 11) is 0. The third kappa shape index (κ3) is 10.4. The van der Waals surface area contributed by atoms with Crippen molar-refractivity contribution in [1.82, 2.24) is 0 Å². The predicted octanol–water partition coefficient (Wildman–Crippen LogP) is 4.26. The first-order valence-electron chi connectivity index (χ1n) is 10.6. The van der Waals surface area contributed by atoms with Gasteiger partial charge in [0.2, 0.25) is 0 Å². The van der Waals surface area contributed by atoms with Gasteiger partial charge in [0, 0.05) is 12.8 Å². The summed E-state index contributed by atoms with van der Waals surface area (Å²) < 4.78 is 5.10. The molecular formula is C28H34O6. The molecule has 0 aliphatic rings. The summed E-state index contributed by atoms with van der Waals surface area (Å²) in [6.07, 6.45) is -1.99. The van der Waals surface area contributed by atoms with Crippen molar-refractivity contribution in [2.45, 2.75) is 52.9 Å². The maximum absolute atomic E-state index is 11.7. The highest BCUT2D eigenvalue weighted by molar-refractivity contribution is 5.74. The van der Waals surface area contributed by atoms with Gasteiger partial charge in [0.05, 0.1) is 0 Å². The van der Waals surface area contributed by atoms with Crippen molar-refractivity contribution in [3.8, 4) is 0 Å². The summed E-state index contributed by atoms with van der Waals surface area (Å²) in [4.78, 5) is 22.0. The lowest BCUT2D eigenvalue weighted by molar-refractivity contribution is -0.154. The molecule has 0 heterocycles. The number of carbonyl (C=O) groups is 2. The lowest BCUT2D eigenvalue weighted by Gasteiger charge is -2.11. The summed E-state index contributed by atoms with van der Waals surface area (Å²) in [6, 6.07) is 24.6. The third-order valence-electron chi connectivity index (χ3n) is 4.88. The van der Waals surface area contributed by atoms with E-state index >= 15 is 0 Å². The fourth-order valence-corrected chi connectivity index (χ4v) is 2.89. The first-order valence-corrected chi connectivity index (χ1v) is 10.6. The number of carboxylic acid groups (broad SMARTS) is 1. The number of esters is 1. The molecular weight excluding hydrogens is 432 g/mol. The number of rotatable bonds is 8. The van der Waals surface area contributed by atoms with Crippen LogP contribution in [0.4, 0.5) is 0 Å². The van der Waals surface area contributed by atoms with Gasteiger partial charge in [0.1, 0.15) is 6.61 Å². The zero-order valence-corrected chi connectivity index (χ0v) is 18.8. The Labute approximate surface area is 201 Å². The molecule has 6 nitrogen and oxygen atoms in total. The number of hydrogen-bond donors (Lipinski definition) is 3. The van der Waals surface area contributed by atoms with Crippen molar-refractivity contribution >= 4 is 11.9 Å². The molecule has 0 saturated heterocycles. The lowest BCUT2D eigenvalue weighted by atomic mass is 10.1. The normalized spacial score (nSPS) is 11.8. The van der Waals surface area contributed by atoms with E-state index < -0.39 is 24.1 Å². The molecule has 182 valence electrons. The highest BCUT2D eigenvalue weighted by Crippen LogP contribution is 2.09. The van der Waals surface area contributed by atoms with Crippen molar-refractivity contribution in [3.63, 3.8) is 0 Å². The van der Waals surface area contributed by atoms with Gasteiger partial charge in [0.25, 0.3) is 0 Å². The van der Waals surface area contributed by atoms with Gasteiger partial charge in [-0.25, -0.2) is 9.59 Å². The molecule has 3 aromatic rings. The minimum absolute atomic E-state index is 0. The fourth-order valence-electron chi connectivity index (χ4n) is 2.89. The van der Waals surface area contributed by atoms with Crippen molar-refractivity contribution in [2.75, 3.05) is 0 Å². The van der Waals surface area contributed by atoms with Crippen LogP contribution in [0.1, 0.15) is 35.2 Å². The molecule has 0 aliphatic heterocycles. The minimum atomic E-state index is -1.30. The quantitative estimate of drug-likeness (QED) is 0.429. The largest absolute Gasteiger partial charge is 0.479 e. The number of aliphatic carboxylic acids is 1. The second-order valence-electron chi connectivity index (χ2n) is 7.84. The molecule has 0 radical (unpaired) electrons. The van der Waals surface area contributed by atoms with Crippen LogP contribution in [0.25, 0.3) is 0 Å². The maximum atomic E-state index is 11.7. The smallest absolute Gasteiger partial charge is 0.335 e. The molecule has 0 aliphatic carbocycles. The number of aliphatic hydroxyl groups is 2. The Kier molecular flexibility index (Phi) is 12.3. The number of ether oxygens (including phenoxy) is 1. The zero-order chi connectivity index (χ0) is 24.2. The van der Waals surface area contributed by atoms with Gasteiger partial charge in [0.15, 0.2) is 12.2 Å². The first-order chi connectivity index (χ1) is 15.7. The number of carboxylic acids is 1. The molecule has 0 bridgehead atoms. The van der Waals surface area contributed by atoms with Crippen LogP contribution in [0, 0.1) is 13.8 Å². The molecule has 0 amide bonds. The molecule has 3 aromatic carbocycles. The van der Waals surface area contributed by atoms with Gasteiger partial charge in [-0.1, -0.05) is 97.4 Å². The number of carbonyl (C=O) groups excluding carboxylic acids is 1. The van der Waals surface area contributed by atoms with Crippen molar-refractivity contribution in [1.29, 1.82) is 0 Å². The van der Waals surface area contributed by atoms with Crippen LogP contribution in [0.5, 0.6) is 0 Å². The summed E-state index contributed by atoms with van der Waals surface area (Å²) in [5, 5.41) is 27.3. The molecule has 3 rings (SSSR count). The highest BCUT2D eigenvalue weighted by atomic mass is 16.5. The monoisotopic (exact) mass is 466 g/mol. The van der Waals surface area contributed by atoms with E-state index in [1.54, 1.807) is 0 Å². The van der Waals surface area contributed by atoms with Crippen LogP contribution < -0.4 is 0 Å². The standard InChI is InChI=1S/C17H18O3.C10H12O3.CH4/c1-13-7-9-14(10-8-13)11-16(18)17(19)20-12-15-5-3-2-4-6-15;1-7-2-4-8(5-3-7)6-9(11)10(12)13;/h2-10,16,18H,11-12H2,1H3;2-5,9,11H,6H2,1H3,(H,12,13);1H4/t16-;9-;/m00./s1. The van der Waals surface area contributed by atoms with Crippen molar-refractivity contribution in [3.05, 3.63) is 107 Å². The maximum Gasteiger partial charge on any atom is 0.335 e. The summed E-state index contributed by atoms with van der Waals surface area (Å²) in [5.41, 5.74) is 4.92. The Balaban J connectivity index is 0.000000360. The van der Waals surface area contributed by atoms with E-state index in [2.05, 4.69) is 0 Å². The molecule has 34 heavy (non-hydrogen) atoms. The van der Waals surface area contributed by atoms with E-state index in [0.29, 0.717) is 0 Å². The summed E-state index contributed by atoms with van der Waals surface area (Å²) >= 11 is 0. The predicted molar refractivity (Wildman–Crippen MR) is 132 cm³/mol. The van der Waals surface area contributed by atoms with Crippen LogP contribution in [0.15, 0.2) is 78.9 Å². The SMILES string of the molecule is C.Cc1ccc(C[C@H](O)C(=O)O)cc1.Cc1ccc(C[C@H](O)C(=O)OCc2ccccc2)cc1. The van der Waals surface area contributed by atoms with E-state index in [0.717, 1.165) is 27.8 Å². The van der Waals surface area contributed by atoms with Gasteiger partial charge >= 0.3 is 11.9 Å². The number of hydrogen-bond acceptors (Lipinski definition) is 5. The summed E-state index contributed by atoms with van der Waals surface area (Å²) in [5.74, 6) is -1.77. The average molecular weight is 467 g/mol. The van der Waals surface area contributed by atoms with Gasteiger partial charge in [-0.3, -0.25) is 0 Å². The molecule has 0 spiro atoms. The molecule has 2 atom stereocenters. The zero-order valence-electron chi connectivity index (χ0n) is 18.8. The molecule has 3 N–H and O–H groups in total. The van der Waals surface area contributed by atoms with Gasteiger partial charge in [-0.2, -0.15) is 0 Å². The molecule has 0 unspecified atom stereocenters. The molecule has 6 heteroatoms. The Morgan fingerprint density at radius 2 is 1.15 bits per heavy atom. The number of benzene rings is 3. The Morgan fingerprint density at radius 3 is 1.59 bits per heavy atom. The third-order valence-corrected chi connectivity index (χ3v) is 4.88. The van der Waals surface area contributed by atoms with Gasteiger partial charge in [-0.05, 0) is 30.5 Å². The van der Waals surface area contributed by atoms with E-state index in [1.165, 1.54) is 0 Å². The fraction of sp³-hybridized carbons (Fsp3) is 0.286. The van der Waals surface area contributed by atoms with Gasteiger partial charge in [-0.15, -0.1) is 0 Å². The van der Waals surface area contributed by atoms with Crippen molar-refractivity contribution in [2.24, 2.45) is 0 Å². The minimum Gasteiger partial charge on any atom is -0.479 e. The van der Waals surface area contributed by atoms with Crippen LogP contribution in [-0.2, 0) is 33.8 Å². The highest BCUT2D eigenvalue weighted by Gasteiger charge is 2.17. The second kappa shape index (κ2) is 14.6. The van der Waals surface area contributed by atoms with E-state index in [1.807, 2.05) is 92.7 Å². The number of aliphatic hydroxyl groups excluding tert-OH is 2. The molecule has 0 aromatic heterocycles. The Bertz CT molecular complexity index is 997.